The number of nitrogens with zero attached hydrogens (tertiary/aromatic N) is 2. The normalized spacial score (nSPS) is 13.4. The summed E-state index contributed by atoms with van der Waals surface area (Å²) < 4.78 is 1.68. The predicted molar refractivity (Wildman–Crippen MR) is 124 cm³/mol. The van der Waals surface area contributed by atoms with Gasteiger partial charge in [-0.25, -0.2) is 4.98 Å². The molecule has 3 rings (SSSR count). The van der Waals surface area contributed by atoms with Gasteiger partial charge in [0.15, 0.2) is 5.16 Å². The molecule has 0 spiro atoms. The lowest BCUT2D eigenvalue weighted by Crippen LogP contribution is -2.35. The average molecular weight is 424 g/mol. The van der Waals surface area contributed by atoms with Crippen molar-refractivity contribution < 1.29 is 4.79 Å². The number of nitrogens with one attached hydrogen (secondary N) is 1. The molecule has 1 amide bonds. The van der Waals surface area contributed by atoms with Crippen molar-refractivity contribution in [2.24, 2.45) is 0 Å². The van der Waals surface area contributed by atoms with Crippen molar-refractivity contribution in [2.45, 2.75) is 63.0 Å². The van der Waals surface area contributed by atoms with Crippen LogP contribution in [0.15, 0.2) is 64.5 Å². The van der Waals surface area contributed by atoms with Gasteiger partial charge >= 0.3 is 0 Å². The minimum absolute atomic E-state index is 0.0244. The maximum Gasteiger partial charge on any atom is 0.262 e. The summed E-state index contributed by atoms with van der Waals surface area (Å²) >= 11 is 1.33. The second kappa shape index (κ2) is 9.94. The molecule has 0 fully saturated rings. The minimum atomic E-state index is -0.383. The van der Waals surface area contributed by atoms with Crippen LogP contribution in [0.25, 0.3) is 10.9 Å². The quantitative estimate of drug-likeness (QED) is 0.404. The van der Waals surface area contributed by atoms with Crippen molar-refractivity contribution >= 4 is 28.6 Å². The third kappa shape index (κ3) is 4.93. The SMILES string of the molecule is CCC[C@@H](NC(=O)[C@H](C)Sc1nc2ccccc2c(=O)n1C(C)C)c1ccccc1. The molecule has 0 bridgehead atoms. The Bertz CT molecular complexity index is 1060. The van der Waals surface area contributed by atoms with Crippen LogP contribution in [0.4, 0.5) is 0 Å². The van der Waals surface area contributed by atoms with Crippen LogP contribution >= 0.6 is 11.8 Å². The molecule has 0 aliphatic rings. The lowest BCUT2D eigenvalue weighted by Gasteiger charge is -2.22. The molecule has 30 heavy (non-hydrogen) atoms. The highest BCUT2D eigenvalue weighted by Gasteiger charge is 2.23. The summed E-state index contributed by atoms with van der Waals surface area (Å²) in [5, 5.41) is 3.97. The van der Waals surface area contributed by atoms with Crippen molar-refractivity contribution in [3.05, 3.63) is 70.5 Å². The van der Waals surface area contributed by atoms with Gasteiger partial charge in [0.2, 0.25) is 5.91 Å². The van der Waals surface area contributed by atoms with E-state index in [1.54, 1.807) is 10.6 Å². The second-order valence-electron chi connectivity index (χ2n) is 7.70. The second-order valence-corrected chi connectivity index (χ2v) is 9.01. The Balaban J connectivity index is 1.85. The van der Waals surface area contributed by atoms with Crippen molar-refractivity contribution in [3.63, 3.8) is 0 Å². The fourth-order valence-corrected chi connectivity index (χ4v) is 4.51. The van der Waals surface area contributed by atoms with Crippen molar-refractivity contribution in [1.29, 1.82) is 0 Å². The van der Waals surface area contributed by atoms with Crippen LogP contribution in [-0.4, -0.2) is 20.7 Å². The number of benzene rings is 2. The van der Waals surface area contributed by atoms with Crippen LogP contribution in [0.3, 0.4) is 0 Å². The summed E-state index contributed by atoms with van der Waals surface area (Å²) in [5.74, 6) is -0.0555. The van der Waals surface area contributed by atoms with Crippen molar-refractivity contribution in [1.82, 2.24) is 14.9 Å². The first-order valence-corrected chi connectivity index (χ1v) is 11.3. The first kappa shape index (κ1) is 22.1. The summed E-state index contributed by atoms with van der Waals surface area (Å²) in [4.78, 5) is 30.7. The number of thioether (sulfide) groups is 1. The molecule has 0 saturated heterocycles. The average Bonchev–Trinajstić information content (AvgIpc) is 2.73. The van der Waals surface area contributed by atoms with E-state index in [1.807, 2.05) is 69.3 Å². The summed E-state index contributed by atoms with van der Waals surface area (Å²) in [7, 11) is 0. The molecule has 2 aromatic carbocycles. The molecule has 0 aliphatic heterocycles. The van der Waals surface area contributed by atoms with Gasteiger partial charge in [0.25, 0.3) is 5.56 Å². The lowest BCUT2D eigenvalue weighted by molar-refractivity contribution is -0.121. The Labute approximate surface area is 181 Å². The van der Waals surface area contributed by atoms with Crippen LogP contribution < -0.4 is 10.9 Å². The van der Waals surface area contributed by atoms with E-state index in [1.165, 1.54) is 11.8 Å². The zero-order valence-corrected chi connectivity index (χ0v) is 18.8. The standard InChI is InChI=1S/C24H29N3O2S/c1-5-11-20(18-12-7-6-8-13-18)25-22(28)17(4)30-24-26-21-15-10-9-14-19(21)23(29)27(24)16(2)3/h6-10,12-17,20H,5,11H2,1-4H3,(H,25,28)/t17-,20+/m0/s1. The van der Waals surface area contributed by atoms with Crippen LogP contribution in [0.2, 0.25) is 0 Å². The first-order valence-electron chi connectivity index (χ1n) is 10.5. The maximum absolute atomic E-state index is 13.0. The Kier molecular flexibility index (Phi) is 7.32. The number of rotatable bonds is 8. The Morgan fingerprint density at radius 2 is 1.73 bits per heavy atom. The highest BCUT2D eigenvalue weighted by molar-refractivity contribution is 8.00. The van der Waals surface area contributed by atoms with Crippen molar-refractivity contribution in [3.8, 4) is 0 Å². The Morgan fingerprint density at radius 1 is 1.07 bits per heavy atom. The number of hydrogen-bond acceptors (Lipinski definition) is 4. The molecule has 0 saturated carbocycles. The van der Waals surface area contributed by atoms with Gasteiger partial charge in [-0.05, 0) is 44.9 Å². The minimum Gasteiger partial charge on any atom is -0.348 e. The largest absolute Gasteiger partial charge is 0.348 e. The van der Waals surface area contributed by atoms with Gasteiger partial charge in [0, 0.05) is 6.04 Å². The van der Waals surface area contributed by atoms with Gasteiger partial charge < -0.3 is 5.32 Å². The molecule has 1 aromatic heterocycles. The van der Waals surface area contributed by atoms with Crippen molar-refractivity contribution in [2.75, 3.05) is 0 Å². The number of carbonyl (C=O) groups excluding carboxylic acids is 1. The molecule has 5 nitrogen and oxygen atoms in total. The van der Waals surface area contributed by atoms with E-state index in [0.717, 1.165) is 18.4 Å². The highest BCUT2D eigenvalue weighted by atomic mass is 32.2. The summed E-state index contributed by atoms with van der Waals surface area (Å²) in [6, 6.07) is 17.3. The van der Waals surface area contributed by atoms with E-state index in [4.69, 9.17) is 4.98 Å². The van der Waals surface area contributed by atoms with Crippen LogP contribution in [0.1, 0.15) is 58.2 Å². The molecular formula is C24H29N3O2S. The fraction of sp³-hybridized carbons (Fsp3) is 0.375. The van der Waals surface area contributed by atoms with Gasteiger partial charge in [-0.1, -0.05) is 67.6 Å². The van der Waals surface area contributed by atoms with E-state index in [9.17, 15) is 9.59 Å². The van der Waals surface area contributed by atoms with E-state index in [-0.39, 0.29) is 28.8 Å². The van der Waals surface area contributed by atoms with E-state index < -0.39 is 0 Å². The van der Waals surface area contributed by atoms with Gasteiger partial charge in [-0.15, -0.1) is 0 Å². The Morgan fingerprint density at radius 3 is 2.40 bits per heavy atom. The number of carbonyl (C=O) groups is 1. The molecule has 1 heterocycles. The van der Waals surface area contributed by atoms with Crippen LogP contribution in [0.5, 0.6) is 0 Å². The summed E-state index contributed by atoms with van der Waals surface area (Å²) in [6.45, 7) is 7.89. The predicted octanol–water partition coefficient (Wildman–Crippen LogP) is 5.12. The number of fused-ring (bicyclic) bond motifs is 1. The molecular weight excluding hydrogens is 394 g/mol. The molecule has 0 unspecified atom stereocenters. The number of hydrogen-bond donors (Lipinski definition) is 1. The molecule has 0 aliphatic carbocycles. The molecule has 158 valence electrons. The van der Waals surface area contributed by atoms with Gasteiger partial charge in [0.1, 0.15) is 0 Å². The van der Waals surface area contributed by atoms with E-state index >= 15 is 0 Å². The molecule has 1 N–H and O–H groups in total. The smallest absolute Gasteiger partial charge is 0.262 e. The molecule has 0 radical (unpaired) electrons. The number of para-hydroxylation sites is 1. The summed E-state index contributed by atoms with van der Waals surface area (Å²) in [6.07, 6.45) is 1.85. The lowest BCUT2D eigenvalue weighted by atomic mass is 10.0. The van der Waals surface area contributed by atoms with E-state index in [2.05, 4.69) is 12.2 Å². The van der Waals surface area contributed by atoms with Gasteiger partial charge in [0.05, 0.1) is 22.2 Å². The third-order valence-electron chi connectivity index (χ3n) is 5.04. The zero-order valence-electron chi connectivity index (χ0n) is 18.0. The number of amides is 1. The molecule has 2 atom stereocenters. The Hall–Kier alpha value is -2.60. The van der Waals surface area contributed by atoms with E-state index in [0.29, 0.717) is 16.1 Å². The number of aromatic nitrogens is 2. The van der Waals surface area contributed by atoms with Gasteiger partial charge in [-0.2, -0.15) is 0 Å². The fourth-order valence-electron chi connectivity index (χ4n) is 3.46. The highest BCUT2D eigenvalue weighted by Crippen LogP contribution is 2.26. The maximum atomic E-state index is 13.0. The third-order valence-corrected chi connectivity index (χ3v) is 6.11. The zero-order chi connectivity index (χ0) is 21.7. The van der Waals surface area contributed by atoms with Crippen LogP contribution in [-0.2, 0) is 4.79 Å². The monoisotopic (exact) mass is 423 g/mol. The van der Waals surface area contributed by atoms with Crippen LogP contribution in [0, 0.1) is 0 Å². The molecule has 6 heteroatoms. The molecule has 3 aromatic rings. The van der Waals surface area contributed by atoms with Gasteiger partial charge in [-0.3, -0.25) is 14.2 Å². The summed E-state index contributed by atoms with van der Waals surface area (Å²) in [5.41, 5.74) is 1.69. The topological polar surface area (TPSA) is 64.0 Å². The first-order chi connectivity index (χ1) is 14.4.